The molecule has 1 aliphatic heterocycles. The zero-order valence-corrected chi connectivity index (χ0v) is 19.9. The van der Waals surface area contributed by atoms with E-state index in [-0.39, 0.29) is 0 Å². The summed E-state index contributed by atoms with van der Waals surface area (Å²) in [5.41, 5.74) is 4.98. The van der Waals surface area contributed by atoms with Gasteiger partial charge in [-0.3, -0.25) is 0 Å². The van der Waals surface area contributed by atoms with Gasteiger partial charge in [-0.15, -0.1) is 5.10 Å². The Morgan fingerprint density at radius 2 is 1.76 bits per heavy atom. The smallest absolute Gasteiger partial charge is 0.241 e. The van der Waals surface area contributed by atoms with Gasteiger partial charge in [0.2, 0.25) is 5.95 Å². The van der Waals surface area contributed by atoms with E-state index >= 15 is 0 Å². The first-order valence-electron chi connectivity index (χ1n) is 12.4. The van der Waals surface area contributed by atoms with E-state index in [1.165, 1.54) is 12.8 Å². The summed E-state index contributed by atoms with van der Waals surface area (Å²) in [4.78, 5) is 14.1. The summed E-state index contributed by atoms with van der Waals surface area (Å²) >= 11 is 0. The van der Waals surface area contributed by atoms with E-state index in [1.54, 1.807) is 0 Å². The van der Waals surface area contributed by atoms with Crippen molar-refractivity contribution in [3.05, 3.63) is 36.5 Å². The number of nitrogens with zero attached hydrogens (tertiary/aromatic N) is 6. The average Bonchev–Trinajstić information content (AvgIpc) is 3.44. The molecule has 4 aromatic heterocycles. The molecule has 2 fully saturated rings. The molecule has 2 N–H and O–H groups in total. The van der Waals surface area contributed by atoms with Crippen molar-refractivity contribution < 1.29 is 4.74 Å². The Bertz CT molecular complexity index is 1300. The molecule has 5 heterocycles. The van der Waals surface area contributed by atoms with Gasteiger partial charge in [0.25, 0.3) is 0 Å². The molecule has 0 unspecified atom stereocenters. The second-order valence-electron chi connectivity index (χ2n) is 9.56. The van der Waals surface area contributed by atoms with Crippen molar-refractivity contribution >= 4 is 22.6 Å². The maximum absolute atomic E-state index is 5.57. The molecule has 1 saturated carbocycles. The lowest BCUT2D eigenvalue weighted by molar-refractivity contribution is 0.0701. The SMILES string of the molecule is CNC1CCC(Nc2ncc3c(-c4cnc5nc(C)n(C6CCOCC6)c5c4)ccn3n2)CC1. The fourth-order valence-electron chi connectivity index (χ4n) is 5.56. The van der Waals surface area contributed by atoms with Crippen LogP contribution in [0.25, 0.3) is 27.8 Å². The van der Waals surface area contributed by atoms with Crippen molar-refractivity contribution in [1.29, 1.82) is 0 Å². The Hall–Kier alpha value is -3.04. The van der Waals surface area contributed by atoms with Gasteiger partial charge in [-0.05, 0) is 64.6 Å². The molecule has 0 amide bonds. The van der Waals surface area contributed by atoms with Crippen LogP contribution in [0.1, 0.15) is 50.4 Å². The van der Waals surface area contributed by atoms with Crippen molar-refractivity contribution in [2.75, 3.05) is 25.6 Å². The highest BCUT2D eigenvalue weighted by Crippen LogP contribution is 2.31. The third kappa shape index (κ3) is 3.92. The predicted molar refractivity (Wildman–Crippen MR) is 132 cm³/mol. The van der Waals surface area contributed by atoms with Crippen molar-refractivity contribution in [2.45, 2.75) is 63.6 Å². The van der Waals surface area contributed by atoms with Gasteiger partial charge in [0.15, 0.2) is 5.65 Å². The third-order valence-electron chi connectivity index (χ3n) is 7.48. The molecule has 9 heteroatoms. The summed E-state index contributed by atoms with van der Waals surface area (Å²) in [5.74, 6) is 1.69. The van der Waals surface area contributed by atoms with Crippen LogP contribution in [-0.2, 0) is 4.74 Å². The number of rotatable bonds is 5. The Morgan fingerprint density at radius 3 is 2.56 bits per heavy atom. The van der Waals surface area contributed by atoms with Gasteiger partial charge in [0, 0.05) is 54.9 Å². The molecular weight excluding hydrogens is 428 g/mol. The number of aryl methyl sites for hydroxylation is 1. The van der Waals surface area contributed by atoms with Crippen molar-refractivity contribution in [1.82, 2.24) is 34.4 Å². The molecule has 0 radical (unpaired) electrons. The van der Waals surface area contributed by atoms with E-state index < -0.39 is 0 Å². The van der Waals surface area contributed by atoms with Gasteiger partial charge in [-0.25, -0.2) is 19.5 Å². The first-order valence-corrected chi connectivity index (χ1v) is 12.4. The molecule has 2 aliphatic rings. The van der Waals surface area contributed by atoms with Gasteiger partial charge >= 0.3 is 0 Å². The van der Waals surface area contributed by atoms with Gasteiger partial charge in [-0.2, -0.15) is 0 Å². The second kappa shape index (κ2) is 8.96. The number of pyridine rings is 1. The van der Waals surface area contributed by atoms with E-state index in [9.17, 15) is 0 Å². The number of nitrogens with one attached hydrogen (secondary N) is 2. The molecule has 6 rings (SSSR count). The molecule has 178 valence electrons. The topological polar surface area (TPSA) is 94.2 Å². The summed E-state index contributed by atoms with van der Waals surface area (Å²) in [7, 11) is 2.05. The lowest BCUT2D eigenvalue weighted by atomic mass is 9.91. The number of hydrogen-bond donors (Lipinski definition) is 2. The minimum absolute atomic E-state index is 0.404. The van der Waals surface area contributed by atoms with E-state index in [0.717, 1.165) is 72.5 Å². The number of aromatic nitrogens is 6. The van der Waals surface area contributed by atoms with Crippen molar-refractivity contribution in [2.24, 2.45) is 0 Å². The van der Waals surface area contributed by atoms with Crippen LogP contribution in [0.4, 0.5) is 5.95 Å². The highest BCUT2D eigenvalue weighted by atomic mass is 16.5. The summed E-state index contributed by atoms with van der Waals surface area (Å²) in [6.07, 6.45) is 12.5. The van der Waals surface area contributed by atoms with Crippen LogP contribution in [0.2, 0.25) is 0 Å². The van der Waals surface area contributed by atoms with Gasteiger partial charge in [0.1, 0.15) is 5.82 Å². The van der Waals surface area contributed by atoms with Crippen molar-refractivity contribution in [3.8, 4) is 11.1 Å². The van der Waals surface area contributed by atoms with Gasteiger partial charge in [0.05, 0.1) is 17.2 Å². The first kappa shape index (κ1) is 21.5. The van der Waals surface area contributed by atoms with Crippen LogP contribution in [0, 0.1) is 6.92 Å². The zero-order valence-electron chi connectivity index (χ0n) is 19.9. The molecule has 4 aromatic rings. The van der Waals surface area contributed by atoms with Crippen LogP contribution >= 0.6 is 0 Å². The van der Waals surface area contributed by atoms with Crippen molar-refractivity contribution in [3.63, 3.8) is 0 Å². The van der Waals surface area contributed by atoms with E-state index in [2.05, 4.69) is 39.2 Å². The molecule has 34 heavy (non-hydrogen) atoms. The Labute approximate surface area is 199 Å². The quantitative estimate of drug-likeness (QED) is 0.468. The highest BCUT2D eigenvalue weighted by Gasteiger charge is 2.22. The molecule has 0 atom stereocenters. The fraction of sp³-hybridized carbons (Fsp3) is 0.520. The number of anilines is 1. The maximum atomic E-state index is 5.57. The van der Waals surface area contributed by atoms with E-state index in [4.69, 9.17) is 19.8 Å². The number of imidazole rings is 1. The molecule has 0 spiro atoms. The number of fused-ring (bicyclic) bond motifs is 2. The standard InChI is InChI=1S/C25H32N8O/c1-16-29-24-22(33(16)20-8-11-34-12-9-20)13-17(14-27-24)21-7-10-32-23(21)15-28-25(31-32)30-19-5-3-18(26-2)4-6-19/h7,10,13-15,18-20,26H,3-6,8-9,11-12H2,1-2H3,(H,30,31). The molecule has 0 bridgehead atoms. The predicted octanol–water partition coefficient (Wildman–Crippen LogP) is 3.74. The summed E-state index contributed by atoms with van der Waals surface area (Å²) < 4.78 is 9.83. The number of hydrogen-bond acceptors (Lipinski definition) is 7. The van der Waals surface area contributed by atoms with Crippen LogP contribution in [-0.4, -0.2) is 61.5 Å². The van der Waals surface area contributed by atoms with Crippen LogP contribution in [0.3, 0.4) is 0 Å². The monoisotopic (exact) mass is 460 g/mol. The molecule has 1 aliphatic carbocycles. The molecule has 1 saturated heterocycles. The molecule has 0 aromatic carbocycles. The molecule has 9 nitrogen and oxygen atoms in total. The highest BCUT2D eigenvalue weighted by molar-refractivity contribution is 5.85. The fourth-order valence-corrected chi connectivity index (χ4v) is 5.56. The summed E-state index contributed by atoms with van der Waals surface area (Å²) in [5, 5.41) is 11.7. The lowest BCUT2D eigenvalue weighted by Gasteiger charge is -2.28. The summed E-state index contributed by atoms with van der Waals surface area (Å²) in [6.45, 7) is 3.66. The normalized spacial score (nSPS) is 21.9. The summed E-state index contributed by atoms with van der Waals surface area (Å²) in [6, 6.07) is 5.76. The van der Waals surface area contributed by atoms with Crippen LogP contribution < -0.4 is 10.6 Å². The average molecular weight is 461 g/mol. The van der Waals surface area contributed by atoms with Crippen LogP contribution in [0.15, 0.2) is 30.7 Å². The van der Waals surface area contributed by atoms with Crippen LogP contribution in [0.5, 0.6) is 0 Å². The second-order valence-corrected chi connectivity index (χ2v) is 9.56. The molecular formula is C25H32N8O. The Kier molecular flexibility index (Phi) is 5.66. The maximum Gasteiger partial charge on any atom is 0.241 e. The largest absolute Gasteiger partial charge is 0.381 e. The first-order chi connectivity index (χ1) is 16.7. The third-order valence-corrected chi connectivity index (χ3v) is 7.48. The number of ether oxygens (including phenoxy) is 1. The zero-order chi connectivity index (χ0) is 23.1. The Balaban J connectivity index is 1.28. The van der Waals surface area contributed by atoms with E-state index in [0.29, 0.717) is 24.1 Å². The van der Waals surface area contributed by atoms with E-state index in [1.807, 2.05) is 30.2 Å². The minimum atomic E-state index is 0.404. The Morgan fingerprint density at radius 1 is 0.971 bits per heavy atom. The van der Waals surface area contributed by atoms with Gasteiger partial charge < -0.3 is 19.9 Å². The van der Waals surface area contributed by atoms with Gasteiger partial charge in [-0.1, -0.05) is 0 Å². The minimum Gasteiger partial charge on any atom is -0.381 e. The lowest BCUT2D eigenvalue weighted by Crippen LogP contribution is -2.35.